The van der Waals surface area contributed by atoms with Gasteiger partial charge in [0.15, 0.2) is 0 Å². The van der Waals surface area contributed by atoms with Gasteiger partial charge in [0.05, 0.1) is 5.60 Å². The van der Waals surface area contributed by atoms with Crippen LogP contribution in [-0.4, -0.2) is 27.2 Å². The van der Waals surface area contributed by atoms with Crippen LogP contribution in [0.1, 0.15) is 25.8 Å². The molecule has 0 saturated carbocycles. The maximum Gasteiger partial charge on any atom is 0.126 e. The van der Waals surface area contributed by atoms with E-state index in [2.05, 4.69) is 18.8 Å². The summed E-state index contributed by atoms with van der Waals surface area (Å²) in [5.74, 6) is 2.43. The monoisotopic (exact) mass is 252 g/mol. The van der Waals surface area contributed by atoms with Gasteiger partial charge in [-0.25, -0.2) is 4.98 Å². The van der Waals surface area contributed by atoms with E-state index in [4.69, 9.17) is 5.73 Å². The minimum absolute atomic E-state index is 0.0689. The fraction of sp³-hybridized carbons (Fsp3) is 0.615. The maximum absolute atomic E-state index is 10.9. The SMILES string of the molecule is CC1(C)CCSCC1(O)Cc1cccnc1N. The Morgan fingerprint density at radius 3 is 2.94 bits per heavy atom. The third kappa shape index (κ3) is 2.43. The number of nitrogens with zero attached hydrogens (tertiary/aromatic N) is 1. The van der Waals surface area contributed by atoms with Crippen LogP contribution in [0.15, 0.2) is 18.3 Å². The van der Waals surface area contributed by atoms with E-state index in [1.807, 2.05) is 23.9 Å². The predicted molar refractivity (Wildman–Crippen MR) is 73.0 cm³/mol. The smallest absolute Gasteiger partial charge is 0.126 e. The second-order valence-electron chi connectivity index (χ2n) is 5.44. The molecule has 1 aromatic rings. The normalized spacial score (nSPS) is 27.9. The summed E-state index contributed by atoms with van der Waals surface area (Å²) in [7, 11) is 0. The Bertz CT molecular complexity index is 408. The quantitative estimate of drug-likeness (QED) is 0.846. The molecule has 1 aliphatic rings. The number of aromatic nitrogens is 1. The van der Waals surface area contributed by atoms with Gasteiger partial charge < -0.3 is 10.8 Å². The van der Waals surface area contributed by atoms with Gasteiger partial charge in [0.2, 0.25) is 0 Å². The molecule has 0 bridgehead atoms. The van der Waals surface area contributed by atoms with Gasteiger partial charge in [-0.05, 0) is 29.2 Å². The molecule has 2 heterocycles. The van der Waals surface area contributed by atoms with Gasteiger partial charge in [0.1, 0.15) is 5.82 Å². The number of anilines is 1. The number of pyridine rings is 1. The van der Waals surface area contributed by atoms with Gasteiger partial charge >= 0.3 is 0 Å². The average molecular weight is 252 g/mol. The zero-order valence-electron chi connectivity index (χ0n) is 10.4. The summed E-state index contributed by atoms with van der Waals surface area (Å²) < 4.78 is 0. The summed E-state index contributed by atoms with van der Waals surface area (Å²) in [5.41, 5.74) is 6.05. The van der Waals surface area contributed by atoms with Crippen LogP contribution in [0.3, 0.4) is 0 Å². The van der Waals surface area contributed by atoms with Crippen LogP contribution in [0.4, 0.5) is 5.82 Å². The van der Waals surface area contributed by atoms with Crippen LogP contribution < -0.4 is 5.73 Å². The molecule has 1 atom stereocenters. The summed E-state index contributed by atoms with van der Waals surface area (Å²) in [6.07, 6.45) is 3.31. The number of nitrogen functional groups attached to an aromatic ring is 1. The minimum atomic E-state index is -0.687. The molecule has 1 aliphatic heterocycles. The Kier molecular flexibility index (Phi) is 3.36. The molecular weight excluding hydrogens is 232 g/mol. The van der Waals surface area contributed by atoms with Gasteiger partial charge in [-0.2, -0.15) is 11.8 Å². The fourth-order valence-corrected chi connectivity index (χ4v) is 3.83. The van der Waals surface area contributed by atoms with Crippen molar-refractivity contribution in [2.75, 3.05) is 17.2 Å². The van der Waals surface area contributed by atoms with E-state index in [9.17, 15) is 5.11 Å². The Morgan fingerprint density at radius 1 is 1.53 bits per heavy atom. The molecule has 1 unspecified atom stereocenters. The molecular formula is C13H20N2OS. The lowest BCUT2D eigenvalue weighted by Crippen LogP contribution is -2.51. The Hall–Kier alpha value is -0.740. The molecule has 1 saturated heterocycles. The lowest BCUT2D eigenvalue weighted by molar-refractivity contribution is -0.0512. The zero-order chi connectivity index (χ0) is 12.5. The van der Waals surface area contributed by atoms with E-state index in [1.54, 1.807) is 6.20 Å². The van der Waals surface area contributed by atoms with Crippen molar-refractivity contribution in [1.29, 1.82) is 0 Å². The molecule has 3 nitrogen and oxygen atoms in total. The van der Waals surface area contributed by atoms with Gasteiger partial charge in [-0.3, -0.25) is 0 Å². The Balaban J connectivity index is 2.24. The largest absolute Gasteiger partial charge is 0.388 e. The van der Waals surface area contributed by atoms with Crippen LogP contribution in [0.2, 0.25) is 0 Å². The molecule has 94 valence electrons. The molecule has 0 aromatic carbocycles. The summed E-state index contributed by atoms with van der Waals surface area (Å²) >= 11 is 1.82. The van der Waals surface area contributed by atoms with Crippen LogP contribution in [0.5, 0.6) is 0 Å². The standard InChI is InChI=1S/C13H20N2OS/c1-12(2)5-7-17-9-13(12,16)8-10-4-3-6-15-11(10)14/h3-4,6,16H,5,7-9H2,1-2H3,(H2,14,15). The van der Waals surface area contributed by atoms with Crippen molar-refractivity contribution < 1.29 is 5.11 Å². The molecule has 4 heteroatoms. The maximum atomic E-state index is 10.9. The van der Waals surface area contributed by atoms with Gasteiger partial charge in [0.25, 0.3) is 0 Å². The van der Waals surface area contributed by atoms with Gasteiger partial charge in [0, 0.05) is 18.4 Å². The van der Waals surface area contributed by atoms with E-state index >= 15 is 0 Å². The minimum Gasteiger partial charge on any atom is -0.388 e. The van der Waals surface area contributed by atoms with Crippen LogP contribution in [0.25, 0.3) is 0 Å². The van der Waals surface area contributed by atoms with Crippen LogP contribution in [-0.2, 0) is 6.42 Å². The van der Waals surface area contributed by atoms with Crippen molar-refractivity contribution >= 4 is 17.6 Å². The molecule has 17 heavy (non-hydrogen) atoms. The van der Waals surface area contributed by atoms with E-state index in [0.717, 1.165) is 23.5 Å². The van der Waals surface area contributed by atoms with E-state index in [1.165, 1.54) is 0 Å². The number of aliphatic hydroxyl groups is 1. The van der Waals surface area contributed by atoms with Crippen molar-refractivity contribution in [2.24, 2.45) is 5.41 Å². The van der Waals surface area contributed by atoms with Crippen molar-refractivity contribution in [1.82, 2.24) is 4.98 Å². The first-order valence-corrected chi connectivity index (χ1v) is 7.10. The molecule has 0 spiro atoms. The third-order valence-electron chi connectivity index (χ3n) is 3.88. The van der Waals surface area contributed by atoms with E-state index in [0.29, 0.717) is 12.2 Å². The summed E-state index contributed by atoms with van der Waals surface area (Å²) in [6, 6.07) is 3.83. The van der Waals surface area contributed by atoms with Crippen molar-refractivity contribution in [2.45, 2.75) is 32.3 Å². The molecule has 1 fully saturated rings. The second kappa shape index (κ2) is 4.50. The number of hydrogen-bond acceptors (Lipinski definition) is 4. The van der Waals surface area contributed by atoms with Gasteiger partial charge in [-0.15, -0.1) is 0 Å². The van der Waals surface area contributed by atoms with Crippen molar-refractivity contribution in [3.05, 3.63) is 23.9 Å². The van der Waals surface area contributed by atoms with E-state index < -0.39 is 5.60 Å². The third-order valence-corrected chi connectivity index (χ3v) is 5.06. The average Bonchev–Trinajstić information content (AvgIpc) is 2.26. The van der Waals surface area contributed by atoms with Crippen molar-refractivity contribution in [3.63, 3.8) is 0 Å². The predicted octanol–water partition coefficient (Wildman–Crippen LogP) is 2.10. The lowest BCUT2D eigenvalue weighted by Gasteiger charge is -2.46. The van der Waals surface area contributed by atoms with E-state index in [-0.39, 0.29) is 5.41 Å². The first-order chi connectivity index (χ1) is 7.95. The molecule has 0 aliphatic carbocycles. The summed E-state index contributed by atoms with van der Waals surface area (Å²) in [5, 5.41) is 10.9. The molecule has 0 amide bonds. The summed E-state index contributed by atoms with van der Waals surface area (Å²) in [4.78, 5) is 4.08. The molecule has 3 N–H and O–H groups in total. The first kappa shape index (κ1) is 12.7. The lowest BCUT2D eigenvalue weighted by atomic mass is 9.70. The second-order valence-corrected chi connectivity index (χ2v) is 6.55. The highest BCUT2D eigenvalue weighted by Gasteiger charge is 2.45. The number of rotatable bonds is 2. The summed E-state index contributed by atoms with van der Waals surface area (Å²) in [6.45, 7) is 4.28. The first-order valence-electron chi connectivity index (χ1n) is 5.94. The molecule has 1 aromatic heterocycles. The fourth-order valence-electron chi connectivity index (χ4n) is 2.20. The number of nitrogens with two attached hydrogens (primary N) is 1. The molecule has 0 radical (unpaired) electrons. The van der Waals surface area contributed by atoms with Crippen LogP contribution >= 0.6 is 11.8 Å². The van der Waals surface area contributed by atoms with Crippen LogP contribution in [0, 0.1) is 5.41 Å². The van der Waals surface area contributed by atoms with Gasteiger partial charge in [-0.1, -0.05) is 19.9 Å². The highest BCUT2D eigenvalue weighted by molar-refractivity contribution is 7.99. The Labute approximate surface area is 107 Å². The zero-order valence-corrected chi connectivity index (χ0v) is 11.3. The number of thioether (sulfide) groups is 1. The highest BCUT2D eigenvalue weighted by Crippen LogP contribution is 2.44. The highest BCUT2D eigenvalue weighted by atomic mass is 32.2. The molecule has 2 rings (SSSR count). The van der Waals surface area contributed by atoms with Crippen molar-refractivity contribution in [3.8, 4) is 0 Å². The topological polar surface area (TPSA) is 59.1 Å². The number of hydrogen-bond donors (Lipinski definition) is 2. The Morgan fingerprint density at radius 2 is 2.29 bits per heavy atom.